The standard InChI is InChI=1S/C19H15N3O5S2/c1-27-15-8-10(3-6-14(15)23)7-12-17(20)22-13-5-4-11(29(2,25)26)9-16(13)28-19(22)21-18(12)24/h3-9H,20H2,1-2H3. The van der Waals surface area contributed by atoms with Crippen LogP contribution in [0.15, 0.2) is 57.4 Å². The molecule has 1 aliphatic carbocycles. The number of thiazole rings is 1. The van der Waals surface area contributed by atoms with E-state index in [1.165, 1.54) is 48.8 Å². The predicted octanol–water partition coefficient (Wildman–Crippen LogP) is 1.95. The molecule has 0 spiro atoms. The largest absolute Gasteiger partial charge is 0.493 e. The molecule has 8 nitrogen and oxygen atoms in total. The molecule has 3 aromatic rings. The number of ether oxygens (including phenoxy) is 1. The lowest BCUT2D eigenvalue weighted by Crippen LogP contribution is -2.16. The highest BCUT2D eigenvalue weighted by molar-refractivity contribution is 7.90. The smallest absolute Gasteiger partial charge is 0.283 e. The number of anilines is 1. The second-order valence-electron chi connectivity index (χ2n) is 6.39. The van der Waals surface area contributed by atoms with Crippen LogP contribution >= 0.6 is 11.3 Å². The number of carbonyl (C=O) groups excluding carboxylic acids is 1. The Morgan fingerprint density at radius 3 is 2.69 bits per heavy atom. The minimum Gasteiger partial charge on any atom is -0.493 e. The van der Waals surface area contributed by atoms with Gasteiger partial charge in [-0.1, -0.05) is 17.4 Å². The number of methoxy groups -OCH3 is 1. The number of fused-ring (bicyclic) bond motifs is 3. The first kappa shape index (κ1) is 19.1. The maximum Gasteiger partial charge on any atom is 0.283 e. The van der Waals surface area contributed by atoms with Crippen molar-refractivity contribution in [3.8, 4) is 0 Å². The van der Waals surface area contributed by atoms with Crippen LogP contribution in [0.3, 0.4) is 0 Å². The van der Waals surface area contributed by atoms with Crippen LogP contribution in [0, 0.1) is 0 Å². The van der Waals surface area contributed by atoms with Crippen LogP contribution in [-0.2, 0) is 19.4 Å². The first-order chi connectivity index (χ1) is 13.7. The summed E-state index contributed by atoms with van der Waals surface area (Å²) in [6, 6.07) is 4.66. The molecule has 0 radical (unpaired) electrons. The van der Waals surface area contributed by atoms with E-state index in [0.29, 0.717) is 20.8 Å². The third-order valence-corrected chi connectivity index (χ3v) is 6.55. The summed E-state index contributed by atoms with van der Waals surface area (Å²) in [6.07, 6.45) is 7.08. The van der Waals surface area contributed by atoms with Crippen molar-refractivity contribution in [2.45, 2.75) is 4.90 Å². The molecular weight excluding hydrogens is 414 g/mol. The lowest BCUT2D eigenvalue weighted by Gasteiger charge is -2.09. The van der Waals surface area contributed by atoms with E-state index in [1.807, 2.05) is 0 Å². The van der Waals surface area contributed by atoms with Gasteiger partial charge < -0.3 is 10.5 Å². The summed E-state index contributed by atoms with van der Waals surface area (Å²) in [6.45, 7) is 0. The van der Waals surface area contributed by atoms with Crippen molar-refractivity contribution < 1.29 is 17.9 Å². The molecule has 0 bridgehead atoms. The van der Waals surface area contributed by atoms with E-state index in [1.54, 1.807) is 16.5 Å². The van der Waals surface area contributed by atoms with Gasteiger partial charge in [-0.05, 0) is 42.0 Å². The van der Waals surface area contributed by atoms with Crippen LogP contribution in [-0.4, -0.2) is 37.0 Å². The van der Waals surface area contributed by atoms with E-state index in [-0.39, 0.29) is 27.8 Å². The van der Waals surface area contributed by atoms with Crippen molar-refractivity contribution in [2.24, 2.45) is 0 Å². The van der Waals surface area contributed by atoms with Crippen LogP contribution in [0.1, 0.15) is 5.56 Å². The third-order valence-electron chi connectivity index (χ3n) is 4.44. The van der Waals surface area contributed by atoms with Crippen molar-refractivity contribution in [1.29, 1.82) is 0 Å². The quantitative estimate of drug-likeness (QED) is 0.675. The molecule has 0 aliphatic heterocycles. The molecule has 0 atom stereocenters. The number of rotatable bonds is 3. The summed E-state index contributed by atoms with van der Waals surface area (Å²) >= 11 is 1.18. The number of aromatic nitrogens is 2. The Balaban J connectivity index is 1.95. The summed E-state index contributed by atoms with van der Waals surface area (Å²) < 4.78 is 30.9. The Hall–Kier alpha value is -3.24. The number of nitrogens with zero attached hydrogens (tertiary/aromatic N) is 2. The van der Waals surface area contributed by atoms with E-state index in [0.717, 1.165) is 6.26 Å². The highest BCUT2D eigenvalue weighted by Gasteiger charge is 2.17. The van der Waals surface area contributed by atoms with Crippen molar-refractivity contribution in [3.05, 3.63) is 63.7 Å². The van der Waals surface area contributed by atoms with E-state index in [2.05, 4.69) is 4.98 Å². The lowest BCUT2D eigenvalue weighted by molar-refractivity contribution is -0.114. The monoisotopic (exact) mass is 429 g/mol. The summed E-state index contributed by atoms with van der Waals surface area (Å²) in [4.78, 5) is 28.9. The highest BCUT2D eigenvalue weighted by atomic mass is 32.2. The third kappa shape index (κ3) is 3.26. The number of ketones is 1. The van der Waals surface area contributed by atoms with Crippen LogP contribution in [0.25, 0.3) is 21.3 Å². The molecule has 2 N–H and O–H groups in total. The van der Waals surface area contributed by atoms with Crippen LogP contribution in [0.4, 0.5) is 5.82 Å². The SMILES string of the molecule is COC1=CC(=Cc2c(N)n3c(nc2=O)sc2cc(S(C)(=O)=O)ccc23)C=CC1=O. The van der Waals surface area contributed by atoms with Gasteiger partial charge in [0.1, 0.15) is 5.82 Å². The molecule has 0 saturated carbocycles. The molecular formula is C19H15N3O5S2. The Morgan fingerprint density at radius 2 is 2.00 bits per heavy atom. The van der Waals surface area contributed by atoms with Crippen molar-refractivity contribution in [3.63, 3.8) is 0 Å². The summed E-state index contributed by atoms with van der Waals surface area (Å²) in [7, 11) is -1.98. The van der Waals surface area contributed by atoms with Gasteiger partial charge in [-0.15, -0.1) is 0 Å². The summed E-state index contributed by atoms with van der Waals surface area (Å²) in [5.74, 6) is 0.0534. The van der Waals surface area contributed by atoms with Gasteiger partial charge in [0.2, 0.25) is 5.78 Å². The van der Waals surface area contributed by atoms with Gasteiger partial charge in [-0.2, -0.15) is 4.98 Å². The van der Waals surface area contributed by atoms with Crippen LogP contribution in [0.2, 0.25) is 0 Å². The molecule has 1 aliphatic rings. The molecule has 148 valence electrons. The Kier molecular flexibility index (Phi) is 4.39. The first-order valence-electron chi connectivity index (χ1n) is 8.33. The number of benzene rings is 1. The molecule has 0 amide bonds. The van der Waals surface area contributed by atoms with Gasteiger partial charge >= 0.3 is 0 Å². The second-order valence-corrected chi connectivity index (χ2v) is 9.42. The van der Waals surface area contributed by atoms with Crippen LogP contribution < -0.4 is 11.3 Å². The summed E-state index contributed by atoms with van der Waals surface area (Å²) in [5, 5.41) is 0. The van der Waals surface area contributed by atoms with E-state index < -0.39 is 15.4 Å². The Morgan fingerprint density at radius 1 is 1.24 bits per heavy atom. The molecule has 4 rings (SSSR count). The molecule has 10 heteroatoms. The van der Waals surface area contributed by atoms with Gasteiger partial charge in [0.15, 0.2) is 20.6 Å². The van der Waals surface area contributed by atoms with Crippen LogP contribution in [0.5, 0.6) is 0 Å². The Bertz CT molecular complexity index is 1460. The first-order valence-corrected chi connectivity index (χ1v) is 11.0. The average molecular weight is 429 g/mol. The Labute approximate surface area is 169 Å². The fourth-order valence-corrected chi connectivity index (χ4v) is 4.78. The number of carbonyl (C=O) groups is 1. The minimum atomic E-state index is -3.37. The second kappa shape index (κ2) is 6.68. The molecule has 29 heavy (non-hydrogen) atoms. The zero-order chi connectivity index (χ0) is 20.9. The fraction of sp³-hybridized carbons (Fsp3) is 0.105. The van der Waals surface area contributed by atoms with Gasteiger partial charge in [0, 0.05) is 6.26 Å². The predicted molar refractivity (Wildman–Crippen MR) is 112 cm³/mol. The number of hydrogen-bond acceptors (Lipinski definition) is 8. The lowest BCUT2D eigenvalue weighted by atomic mass is 10.0. The molecule has 2 aromatic heterocycles. The molecule has 0 saturated heterocycles. The average Bonchev–Trinajstić information content (AvgIpc) is 3.02. The number of nitrogens with two attached hydrogens (primary N) is 1. The van der Waals surface area contributed by atoms with Gasteiger partial charge in [0.05, 0.1) is 27.8 Å². The number of sulfone groups is 1. The number of allylic oxidation sites excluding steroid dienone is 4. The molecule has 2 heterocycles. The molecule has 1 aromatic carbocycles. The highest BCUT2D eigenvalue weighted by Crippen LogP contribution is 2.30. The normalized spacial score (nSPS) is 16.0. The van der Waals surface area contributed by atoms with Crippen molar-refractivity contribution >= 4 is 54.0 Å². The zero-order valence-corrected chi connectivity index (χ0v) is 17.0. The van der Waals surface area contributed by atoms with E-state index in [9.17, 15) is 18.0 Å². The maximum absolute atomic E-state index is 12.6. The zero-order valence-electron chi connectivity index (χ0n) is 15.4. The topological polar surface area (TPSA) is 121 Å². The van der Waals surface area contributed by atoms with E-state index in [4.69, 9.17) is 10.5 Å². The van der Waals surface area contributed by atoms with Crippen molar-refractivity contribution in [1.82, 2.24) is 9.38 Å². The van der Waals surface area contributed by atoms with Gasteiger partial charge in [-0.3, -0.25) is 14.0 Å². The van der Waals surface area contributed by atoms with Crippen molar-refractivity contribution in [2.75, 3.05) is 19.1 Å². The number of hydrogen-bond donors (Lipinski definition) is 1. The van der Waals surface area contributed by atoms with E-state index >= 15 is 0 Å². The summed E-state index contributed by atoms with van der Waals surface area (Å²) in [5.41, 5.74) is 7.13. The van der Waals surface area contributed by atoms with Gasteiger partial charge in [-0.25, -0.2) is 8.42 Å². The maximum atomic E-state index is 12.6. The van der Waals surface area contributed by atoms with Gasteiger partial charge in [0.25, 0.3) is 5.56 Å². The minimum absolute atomic E-state index is 0.153. The molecule has 0 fully saturated rings. The number of nitrogen functional groups attached to an aromatic ring is 1. The molecule has 0 unspecified atom stereocenters. The fourth-order valence-electron chi connectivity index (χ4n) is 3.00.